The van der Waals surface area contributed by atoms with E-state index in [2.05, 4.69) is 10.0 Å². The molecule has 2 N–H and O–H groups in total. The number of nitrogens with one attached hydrogen (secondary N) is 2. The van der Waals surface area contributed by atoms with Crippen molar-refractivity contribution in [2.75, 3.05) is 17.9 Å². The fraction of sp³-hybridized carbons (Fsp3) is 0.269. The fourth-order valence-electron chi connectivity index (χ4n) is 3.38. The van der Waals surface area contributed by atoms with Crippen LogP contribution in [0.5, 0.6) is 5.75 Å². The summed E-state index contributed by atoms with van der Waals surface area (Å²) in [7, 11) is -3.86. The smallest absolute Gasteiger partial charge is 0.262 e. The molecule has 0 saturated carbocycles. The highest BCUT2D eigenvalue weighted by Crippen LogP contribution is 2.24. The molecule has 0 aliphatic rings. The van der Waals surface area contributed by atoms with Crippen LogP contribution in [-0.2, 0) is 10.0 Å². The first-order valence-electron chi connectivity index (χ1n) is 10.8. The summed E-state index contributed by atoms with van der Waals surface area (Å²) in [5, 5.41) is 2.79. The summed E-state index contributed by atoms with van der Waals surface area (Å²) in [6.45, 7) is 10.1. The zero-order chi connectivity index (χ0) is 24.2. The number of sulfonamides is 1. The van der Waals surface area contributed by atoms with Gasteiger partial charge in [-0.3, -0.25) is 9.52 Å². The third-order valence-corrected chi connectivity index (χ3v) is 7.09. The van der Waals surface area contributed by atoms with Gasteiger partial charge >= 0.3 is 0 Å². The number of rotatable bonds is 8. The van der Waals surface area contributed by atoms with Gasteiger partial charge in [0.05, 0.1) is 17.1 Å². The van der Waals surface area contributed by atoms with Crippen LogP contribution in [0.2, 0.25) is 0 Å². The summed E-state index contributed by atoms with van der Waals surface area (Å²) < 4.78 is 34.6. The Morgan fingerprint density at radius 2 is 1.61 bits per heavy atom. The predicted molar refractivity (Wildman–Crippen MR) is 132 cm³/mol. The maximum Gasteiger partial charge on any atom is 0.262 e. The molecule has 174 valence electrons. The fourth-order valence-corrected chi connectivity index (χ4v) is 4.78. The van der Waals surface area contributed by atoms with Gasteiger partial charge < -0.3 is 10.1 Å². The maximum atomic E-state index is 13.1. The zero-order valence-electron chi connectivity index (χ0n) is 19.7. The van der Waals surface area contributed by atoms with Crippen LogP contribution in [0, 0.1) is 34.6 Å². The second-order valence-corrected chi connectivity index (χ2v) is 9.86. The van der Waals surface area contributed by atoms with Gasteiger partial charge in [-0.2, -0.15) is 0 Å². The monoisotopic (exact) mass is 466 g/mol. The van der Waals surface area contributed by atoms with E-state index < -0.39 is 10.0 Å². The number of ether oxygens (including phenoxy) is 1. The van der Waals surface area contributed by atoms with Gasteiger partial charge in [0.1, 0.15) is 12.4 Å². The summed E-state index contributed by atoms with van der Waals surface area (Å²) in [6.07, 6.45) is 0. The number of carbonyl (C=O) groups excluding carboxylic acids is 1. The summed E-state index contributed by atoms with van der Waals surface area (Å²) in [5.74, 6) is 0.424. The van der Waals surface area contributed by atoms with Crippen molar-refractivity contribution >= 4 is 21.6 Å². The van der Waals surface area contributed by atoms with Crippen LogP contribution >= 0.6 is 0 Å². The van der Waals surface area contributed by atoms with E-state index in [4.69, 9.17) is 4.74 Å². The highest BCUT2D eigenvalue weighted by atomic mass is 32.2. The van der Waals surface area contributed by atoms with Gasteiger partial charge in [-0.15, -0.1) is 0 Å². The van der Waals surface area contributed by atoms with Gasteiger partial charge in [0.2, 0.25) is 0 Å². The van der Waals surface area contributed by atoms with Crippen molar-refractivity contribution in [3.63, 3.8) is 0 Å². The van der Waals surface area contributed by atoms with Crippen LogP contribution in [0.1, 0.15) is 38.2 Å². The van der Waals surface area contributed by atoms with Crippen molar-refractivity contribution in [2.45, 2.75) is 39.5 Å². The standard InChI is InChI=1S/C26H30N2O4S/c1-17-9-10-19(3)24(15-17)32-14-13-27-26(29)22-12-11-20(4)25(16-22)33(30,31)28-23-8-6-7-18(2)21(23)5/h6-12,15-16,28H,13-14H2,1-5H3,(H,27,29). The highest BCUT2D eigenvalue weighted by molar-refractivity contribution is 7.92. The molecule has 0 atom stereocenters. The van der Waals surface area contributed by atoms with Crippen LogP contribution in [0.3, 0.4) is 0 Å². The minimum atomic E-state index is -3.86. The molecule has 0 aliphatic heterocycles. The van der Waals surface area contributed by atoms with E-state index in [1.807, 2.05) is 52.0 Å². The average Bonchev–Trinajstić information content (AvgIpc) is 2.76. The van der Waals surface area contributed by atoms with E-state index in [-0.39, 0.29) is 16.4 Å². The molecular formula is C26H30N2O4S. The SMILES string of the molecule is Cc1ccc(C)c(OCCNC(=O)c2ccc(C)c(S(=O)(=O)Nc3cccc(C)c3C)c2)c1. The summed E-state index contributed by atoms with van der Waals surface area (Å²) in [4.78, 5) is 12.7. The predicted octanol–water partition coefficient (Wildman–Crippen LogP) is 4.84. The van der Waals surface area contributed by atoms with E-state index in [1.165, 1.54) is 6.07 Å². The van der Waals surface area contributed by atoms with Crippen molar-refractivity contribution in [2.24, 2.45) is 0 Å². The molecule has 0 radical (unpaired) electrons. The summed E-state index contributed by atoms with van der Waals surface area (Å²) in [6, 6.07) is 16.1. The molecule has 0 fully saturated rings. The quantitative estimate of drug-likeness (QED) is 0.465. The normalized spacial score (nSPS) is 11.2. The van der Waals surface area contributed by atoms with Gasteiger partial charge in [0.25, 0.3) is 15.9 Å². The molecule has 0 bridgehead atoms. The lowest BCUT2D eigenvalue weighted by molar-refractivity contribution is 0.0946. The molecule has 7 heteroatoms. The Morgan fingerprint density at radius 1 is 0.879 bits per heavy atom. The number of anilines is 1. The molecule has 3 aromatic rings. The molecule has 6 nitrogen and oxygen atoms in total. The molecule has 3 aromatic carbocycles. The van der Waals surface area contributed by atoms with Crippen LogP contribution in [0.4, 0.5) is 5.69 Å². The molecule has 0 heterocycles. The molecule has 1 amide bonds. The molecule has 0 aromatic heterocycles. The van der Waals surface area contributed by atoms with E-state index >= 15 is 0 Å². The number of carbonyl (C=O) groups is 1. The Bertz CT molecular complexity index is 1280. The van der Waals surface area contributed by atoms with Crippen LogP contribution < -0.4 is 14.8 Å². The van der Waals surface area contributed by atoms with Crippen molar-refractivity contribution < 1.29 is 17.9 Å². The lowest BCUT2D eigenvalue weighted by Crippen LogP contribution is -2.28. The van der Waals surface area contributed by atoms with E-state index in [0.29, 0.717) is 24.4 Å². The third-order valence-electron chi connectivity index (χ3n) is 5.58. The van der Waals surface area contributed by atoms with Crippen LogP contribution in [-0.4, -0.2) is 27.5 Å². The van der Waals surface area contributed by atoms with Gasteiger partial charge in [0, 0.05) is 5.56 Å². The van der Waals surface area contributed by atoms with E-state index in [1.54, 1.807) is 31.2 Å². The maximum absolute atomic E-state index is 13.1. The van der Waals surface area contributed by atoms with E-state index in [0.717, 1.165) is 28.0 Å². The molecular weight excluding hydrogens is 436 g/mol. The number of hydrogen-bond acceptors (Lipinski definition) is 4. The van der Waals surface area contributed by atoms with Gasteiger partial charge in [0.15, 0.2) is 0 Å². The first-order chi connectivity index (χ1) is 15.6. The van der Waals surface area contributed by atoms with Crippen LogP contribution in [0.25, 0.3) is 0 Å². The minimum absolute atomic E-state index is 0.0719. The first kappa shape index (κ1) is 24.3. The Balaban J connectivity index is 1.69. The van der Waals surface area contributed by atoms with Crippen LogP contribution in [0.15, 0.2) is 59.5 Å². The third kappa shape index (κ3) is 5.93. The molecule has 33 heavy (non-hydrogen) atoms. The summed E-state index contributed by atoms with van der Waals surface area (Å²) >= 11 is 0. The van der Waals surface area contributed by atoms with Crippen molar-refractivity contribution in [3.8, 4) is 5.75 Å². The number of amides is 1. The second-order valence-electron chi connectivity index (χ2n) is 8.21. The zero-order valence-corrected chi connectivity index (χ0v) is 20.5. The first-order valence-corrected chi connectivity index (χ1v) is 12.2. The lowest BCUT2D eigenvalue weighted by Gasteiger charge is -2.15. The molecule has 0 spiro atoms. The summed E-state index contributed by atoms with van der Waals surface area (Å²) in [5.41, 5.74) is 5.32. The second kappa shape index (κ2) is 10.1. The van der Waals surface area contributed by atoms with E-state index in [9.17, 15) is 13.2 Å². The van der Waals surface area contributed by atoms with Crippen molar-refractivity contribution in [1.29, 1.82) is 0 Å². The lowest BCUT2D eigenvalue weighted by atomic mass is 10.1. The number of benzene rings is 3. The van der Waals surface area contributed by atoms with Gasteiger partial charge in [-0.25, -0.2) is 8.42 Å². The highest BCUT2D eigenvalue weighted by Gasteiger charge is 2.20. The average molecular weight is 467 g/mol. The van der Waals surface area contributed by atoms with Gasteiger partial charge in [-0.1, -0.05) is 30.3 Å². The Hall–Kier alpha value is -3.32. The number of aryl methyl sites for hydroxylation is 4. The Morgan fingerprint density at radius 3 is 2.36 bits per heavy atom. The molecule has 0 unspecified atom stereocenters. The minimum Gasteiger partial charge on any atom is -0.491 e. The number of hydrogen-bond donors (Lipinski definition) is 2. The topological polar surface area (TPSA) is 84.5 Å². The van der Waals surface area contributed by atoms with Gasteiger partial charge in [-0.05, 0) is 86.7 Å². The molecule has 0 saturated heterocycles. The largest absolute Gasteiger partial charge is 0.491 e. The van der Waals surface area contributed by atoms with Crippen molar-refractivity contribution in [1.82, 2.24) is 5.32 Å². The molecule has 0 aliphatic carbocycles. The Labute approximate surface area is 196 Å². The molecule has 3 rings (SSSR count). The van der Waals surface area contributed by atoms with Crippen molar-refractivity contribution in [3.05, 3.63) is 88.0 Å². The Kier molecular flexibility index (Phi) is 7.43.